The highest BCUT2D eigenvalue weighted by Gasteiger charge is 2.35. The number of carboxylic acid groups (broad SMARTS) is 1. The average Bonchev–Trinajstić information content (AvgIpc) is 2.95. The molecule has 0 radical (unpaired) electrons. The minimum atomic E-state index is -0.850. The first-order valence-electron chi connectivity index (χ1n) is 8.77. The van der Waals surface area contributed by atoms with Crippen molar-refractivity contribution in [3.8, 4) is 0 Å². The monoisotopic (exact) mass is 338 g/mol. The first kappa shape index (κ1) is 16.0. The van der Waals surface area contributed by atoms with E-state index in [1.807, 2.05) is 18.3 Å². The number of hydrogen-bond donors (Lipinski definition) is 1. The number of carbonyl (C=O) groups is 1. The van der Waals surface area contributed by atoms with Crippen molar-refractivity contribution < 1.29 is 9.90 Å². The molecule has 130 valence electrons. The molecule has 25 heavy (non-hydrogen) atoms. The van der Waals surface area contributed by atoms with Gasteiger partial charge in [0.1, 0.15) is 5.82 Å². The van der Waals surface area contributed by atoms with Crippen LogP contribution in [-0.4, -0.2) is 51.6 Å². The number of hydrogen-bond acceptors (Lipinski definition) is 5. The first-order chi connectivity index (χ1) is 12.2. The number of carboxylic acids is 1. The van der Waals surface area contributed by atoms with Gasteiger partial charge in [0.05, 0.1) is 11.8 Å². The van der Waals surface area contributed by atoms with E-state index in [2.05, 4.69) is 19.8 Å². The van der Waals surface area contributed by atoms with Crippen LogP contribution in [0.25, 0.3) is 0 Å². The summed E-state index contributed by atoms with van der Waals surface area (Å²) in [5, 5.41) is 9.43. The zero-order valence-corrected chi connectivity index (χ0v) is 14.1. The van der Waals surface area contributed by atoms with Crippen molar-refractivity contribution in [2.24, 2.45) is 5.92 Å². The van der Waals surface area contributed by atoms with Gasteiger partial charge in [0, 0.05) is 44.6 Å². The predicted octanol–water partition coefficient (Wildman–Crippen LogP) is 2.28. The fourth-order valence-corrected chi connectivity index (χ4v) is 4.10. The van der Waals surface area contributed by atoms with Gasteiger partial charge < -0.3 is 10.0 Å². The number of aromatic carboxylic acids is 1. The second-order valence-electron chi connectivity index (χ2n) is 6.96. The highest BCUT2D eigenvalue weighted by atomic mass is 16.4. The fraction of sp³-hybridized carbons (Fsp3) is 0.421. The maximum absolute atomic E-state index is 11.5. The standard InChI is InChI=1S/C19H22N4O2/c24-19(25)17-4-2-1-3-15(17)12-22-10-14-5-6-16(22)13-23(11-14)18-9-20-7-8-21-18/h1-4,7-9,14,16H,5-6,10-13H2,(H,24,25)/t14-,16-/m1/s1. The minimum Gasteiger partial charge on any atom is -0.478 e. The largest absolute Gasteiger partial charge is 0.478 e. The molecule has 0 saturated carbocycles. The Morgan fingerprint density at radius 2 is 2.04 bits per heavy atom. The van der Waals surface area contributed by atoms with E-state index in [1.165, 1.54) is 6.42 Å². The van der Waals surface area contributed by atoms with E-state index in [0.717, 1.165) is 37.4 Å². The summed E-state index contributed by atoms with van der Waals surface area (Å²) < 4.78 is 0. The number of rotatable bonds is 4. The summed E-state index contributed by atoms with van der Waals surface area (Å²) in [7, 11) is 0. The lowest BCUT2D eigenvalue weighted by atomic mass is 9.94. The van der Waals surface area contributed by atoms with E-state index in [4.69, 9.17) is 0 Å². The van der Waals surface area contributed by atoms with Gasteiger partial charge in [-0.25, -0.2) is 9.78 Å². The van der Waals surface area contributed by atoms with Gasteiger partial charge >= 0.3 is 5.97 Å². The van der Waals surface area contributed by atoms with Crippen molar-refractivity contribution in [2.45, 2.75) is 25.4 Å². The van der Waals surface area contributed by atoms with E-state index >= 15 is 0 Å². The van der Waals surface area contributed by atoms with Crippen LogP contribution in [-0.2, 0) is 6.54 Å². The molecule has 2 bridgehead atoms. The van der Waals surface area contributed by atoms with Gasteiger partial charge in [-0.1, -0.05) is 18.2 Å². The average molecular weight is 338 g/mol. The summed E-state index contributed by atoms with van der Waals surface area (Å²) in [5.41, 5.74) is 1.31. The number of fused-ring (bicyclic) bond motifs is 4. The van der Waals surface area contributed by atoms with Crippen LogP contribution < -0.4 is 4.90 Å². The third-order valence-corrected chi connectivity index (χ3v) is 5.32. The molecule has 0 spiro atoms. The molecule has 4 heterocycles. The first-order valence-corrected chi connectivity index (χ1v) is 8.77. The summed E-state index contributed by atoms with van der Waals surface area (Å²) in [4.78, 5) is 24.9. The van der Waals surface area contributed by atoms with Crippen LogP contribution in [0.4, 0.5) is 5.82 Å². The van der Waals surface area contributed by atoms with Gasteiger partial charge in [-0.15, -0.1) is 0 Å². The van der Waals surface area contributed by atoms with Gasteiger partial charge in [-0.3, -0.25) is 9.88 Å². The Hall–Kier alpha value is -2.47. The van der Waals surface area contributed by atoms with Gasteiger partial charge in [-0.2, -0.15) is 0 Å². The molecule has 1 N–H and O–H groups in total. The van der Waals surface area contributed by atoms with Gasteiger partial charge in [0.15, 0.2) is 0 Å². The van der Waals surface area contributed by atoms with Crippen molar-refractivity contribution >= 4 is 11.8 Å². The van der Waals surface area contributed by atoms with Crippen LogP contribution in [0.1, 0.15) is 28.8 Å². The Balaban J connectivity index is 1.54. The summed E-state index contributed by atoms with van der Waals surface area (Å²) in [6, 6.07) is 7.76. The summed E-state index contributed by atoms with van der Waals surface area (Å²) >= 11 is 0. The molecule has 5 rings (SSSR count). The van der Waals surface area contributed by atoms with Crippen molar-refractivity contribution in [1.82, 2.24) is 14.9 Å². The molecule has 6 nitrogen and oxygen atoms in total. The molecule has 3 fully saturated rings. The predicted molar refractivity (Wildman–Crippen MR) is 94.6 cm³/mol. The molecule has 1 aromatic carbocycles. The lowest BCUT2D eigenvalue weighted by Gasteiger charge is -2.36. The number of benzene rings is 1. The summed E-state index contributed by atoms with van der Waals surface area (Å²) in [6.07, 6.45) is 7.64. The quantitative estimate of drug-likeness (QED) is 0.922. The Morgan fingerprint density at radius 1 is 1.16 bits per heavy atom. The Bertz CT molecular complexity index is 752. The molecule has 1 aromatic heterocycles. The van der Waals surface area contributed by atoms with Crippen molar-refractivity contribution in [1.29, 1.82) is 0 Å². The lowest BCUT2D eigenvalue weighted by molar-refractivity contribution is 0.0691. The lowest BCUT2D eigenvalue weighted by Crippen LogP contribution is -2.43. The van der Waals surface area contributed by atoms with Crippen molar-refractivity contribution in [2.75, 3.05) is 24.5 Å². The molecular weight excluding hydrogens is 316 g/mol. The molecule has 3 aliphatic rings. The highest BCUT2D eigenvalue weighted by Crippen LogP contribution is 2.31. The number of anilines is 1. The van der Waals surface area contributed by atoms with E-state index in [1.54, 1.807) is 24.5 Å². The van der Waals surface area contributed by atoms with Gasteiger partial charge in [-0.05, 0) is 30.4 Å². The van der Waals surface area contributed by atoms with Gasteiger partial charge in [0.25, 0.3) is 0 Å². The van der Waals surface area contributed by atoms with Crippen LogP contribution in [0, 0.1) is 5.92 Å². The molecule has 0 aliphatic carbocycles. The Kier molecular flexibility index (Phi) is 4.36. The van der Waals surface area contributed by atoms with Crippen molar-refractivity contribution in [3.63, 3.8) is 0 Å². The summed E-state index contributed by atoms with van der Waals surface area (Å²) in [6.45, 7) is 3.62. The van der Waals surface area contributed by atoms with Gasteiger partial charge in [0.2, 0.25) is 0 Å². The molecule has 3 saturated heterocycles. The second-order valence-corrected chi connectivity index (χ2v) is 6.96. The number of nitrogens with zero attached hydrogens (tertiary/aromatic N) is 4. The van der Waals surface area contributed by atoms with Crippen LogP contribution >= 0.6 is 0 Å². The zero-order valence-electron chi connectivity index (χ0n) is 14.1. The minimum absolute atomic E-state index is 0.411. The topological polar surface area (TPSA) is 69.6 Å². The Labute approximate surface area is 147 Å². The SMILES string of the molecule is O=C(O)c1ccccc1CN1C[C@H]2CC[C@@H]1CN(c1cnccn1)C2. The third kappa shape index (κ3) is 3.35. The number of piperidine rings is 1. The normalized spacial score (nSPS) is 23.4. The van der Waals surface area contributed by atoms with Crippen LogP contribution in [0.15, 0.2) is 42.9 Å². The summed E-state index contributed by atoms with van der Waals surface area (Å²) in [5.74, 6) is 0.668. The molecular formula is C19H22N4O2. The molecule has 3 aliphatic heterocycles. The highest BCUT2D eigenvalue weighted by molar-refractivity contribution is 5.89. The third-order valence-electron chi connectivity index (χ3n) is 5.32. The van der Waals surface area contributed by atoms with Crippen molar-refractivity contribution in [3.05, 3.63) is 54.0 Å². The van der Waals surface area contributed by atoms with E-state index in [9.17, 15) is 9.90 Å². The molecule has 2 atom stereocenters. The molecule has 2 aromatic rings. The van der Waals surface area contributed by atoms with Crippen LogP contribution in [0.2, 0.25) is 0 Å². The van der Waals surface area contributed by atoms with E-state index in [-0.39, 0.29) is 0 Å². The van der Waals surface area contributed by atoms with Crippen LogP contribution in [0.5, 0.6) is 0 Å². The smallest absolute Gasteiger partial charge is 0.336 e. The Morgan fingerprint density at radius 3 is 2.84 bits per heavy atom. The molecule has 6 heteroatoms. The molecule has 0 unspecified atom stereocenters. The van der Waals surface area contributed by atoms with E-state index < -0.39 is 5.97 Å². The fourth-order valence-electron chi connectivity index (χ4n) is 4.10. The van der Waals surface area contributed by atoms with Crippen LogP contribution in [0.3, 0.4) is 0 Å². The second kappa shape index (κ2) is 6.80. The van der Waals surface area contributed by atoms with E-state index in [0.29, 0.717) is 24.1 Å². The zero-order chi connectivity index (χ0) is 17.2. The molecule has 0 amide bonds. The number of aromatic nitrogens is 2. The maximum atomic E-state index is 11.5. The maximum Gasteiger partial charge on any atom is 0.336 e.